The van der Waals surface area contributed by atoms with E-state index in [1.165, 1.54) is 6.07 Å². The number of amides is 1. The van der Waals surface area contributed by atoms with Gasteiger partial charge in [0.05, 0.1) is 5.56 Å². The van der Waals surface area contributed by atoms with Crippen molar-refractivity contribution < 1.29 is 9.18 Å². The first-order valence-corrected chi connectivity index (χ1v) is 7.05. The highest BCUT2D eigenvalue weighted by Gasteiger charge is 2.48. The molecule has 0 unspecified atom stereocenters. The summed E-state index contributed by atoms with van der Waals surface area (Å²) in [5.41, 5.74) is 0.225. The number of hydrogen-bond donors (Lipinski definition) is 1. The third-order valence-corrected chi connectivity index (χ3v) is 4.82. The first kappa shape index (κ1) is 11.4. The number of halogens is 1. The Morgan fingerprint density at radius 3 is 2.26 bits per heavy atom. The van der Waals surface area contributed by atoms with Crippen LogP contribution >= 0.6 is 0 Å². The Kier molecular flexibility index (Phi) is 2.42. The largest absolute Gasteiger partial charge is 0.332 e. The van der Waals surface area contributed by atoms with Crippen molar-refractivity contribution in [2.24, 2.45) is 0 Å². The lowest BCUT2D eigenvalue weighted by Crippen LogP contribution is -2.68. The van der Waals surface area contributed by atoms with E-state index in [1.54, 1.807) is 18.2 Å². The van der Waals surface area contributed by atoms with Crippen molar-refractivity contribution in [2.45, 2.75) is 49.9 Å². The maximum atomic E-state index is 13.8. The summed E-state index contributed by atoms with van der Waals surface area (Å²) in [6.45, 7) is 0. The molecule has 3 nitrogen and oxygen atoms in total. The first-order chi connectivity index (χ1) is 9.22. The van der Waals surface area contributed by atoms with Crippen molar-refractivity contribution in [3.63, 3.8) is 0 Å². The predicted molar refractivity (Wildman–Crippen MR) is 69.3 cm³/mol. The van der Waals surface area contributed by atoms with E-state index >= 15 is 0 Å². The molecule has 4 heteroatoms. The van der Waals surface area contributed by atoms with Crippen molar-refractivity contribution in [1.29, 1.82) is 0 Å². The van der Waals surface area contributed by atoms with Gasteiger partial charge in [0.1, 0.15) is 5.82 Å². The standard InChI is InChI=1S/C15H17FN2O/c16-14-4-2-1-3-13(14)15(19)18-11-5-9-6-12(18)8-10(7-11)17-9/h1-4,9-12,17H,5-8H2. The highest BCUT2D eigenvalue weighted by molar-refractivity contribution is 5.95. The maximum Gasteiger partial charge on any atom is 0.257 e. The Morgan fingerprint density at radius 2 is 1.68 bits per heavy atom. The lowest BCUT2D eigenvalue weighted by atomic mass is 9.74. The Labute approximate surface area is 111 Å². The molecule has 19 heavy (non-hydrogen) atoms. The second-order valence-electron chi connectivity index (χ2n) is 6.00. The van der Waals surface area contributed by atoms with E-state index in [0.29, 0.717) is 24.2 Å². The molecule has 1 amide bonds. The summed E-state index contributed by atoms with van der Waals surface area (Å²) in [5.74, 6) is -0.522. The van der Waals surface area contributed by atoms with Crippen LogP contribution in [0.2, 0.25) is 0 Å². The highest BCUT2D eigenvalue weighted by Crippen LogP contribution is 2.39. The van der Waals surface area contributed by atoms with Gasteiger partial charge in [-0.15, -0.1) is 0 Å². The number of carbonyl (C=O) groups excluding carboxylic acids is 1. The summed E-state index contributed by atoms with van der Waals surface area (Å²) in [6, 6.07) is 8.05. The lowest BCUT2D eigenvalue weighted by Gasteiger charge is -2.56. The average molecular weight is 260 g/mol. The molecule has 0 aliphatic carbocycles. The minimum atomic E-state index is -0.403. The van der Waals surface area contributed by atoms with Crippen molar-refractivity contribution in [2.75, 3.05) is 0 Å². The van der Waals surface area contributed by atoms with Crippen molar-refractivity contribution >= 4 is 5.91 Å². The molecule has 4 fully saturated rings. The Hall–Kier alpha value is -1.42. The molecular weight excluding hydrogens is 243 g/mol. The van der Waals surface area contributed by atoms with Crippen molar-refractivity contribution in [1.82, 2.24) is 10.2 Å². The summed E-state index contributed by atoms with van der Waals surface area (Å²) in [5, 5.41) is 3.61. The molecule has 0 atom stereocenters. The molecule has 0 spiro atoms. The van der Waals surface area contributed by atoms with Crippen LogP contribution in [0.15, 0.2) is 24.3 Å². The third kappa shape index (κ3) is 1.70. The number of carbonyl (C=O) groups is 1. The van der Waals surface area contributed by atoms with Gasteiger partial charge in [0.2, 0.25) is 0 Å². The Morgan fingerprint density at radius 1 is 1.11 bits per heavy atom. The van der Waals surface area contributed by atoms with Gasteiger partial charge in [-0.3, -0.25) is 4.79 Å². The van der Waals surface area contributed by atoms with Crippen LogP contribution in [0.3, 0.4) is 0 Å². The fraction of sp³-hybridized carbons (Fsp3) is 0.533. The third-order valence-electron chi connectivity index (χ3n) is 4.82. The lowest BCUT2D eigenvalue weighted by molar-refractivity contribution is -0.0175. The first-order valence-electron chi connectivity index (χ1n) is 7.05. The Bertz CT molecular complexity index is 503. The van der Waals surface area contributed by atoms with Gasteiger partial charge < -0.3 is 10.2 Å². The van der Waals surface area contributed by atoms with Gasteiger partial charge in [-0.25, -0.2) is 4.39 Å². The van der Waals surface area contributed by atoms with Crippen LogP contribution in [0.1, 0.15) is 36.0 Å². The molecule has 100 valence electrons. The summed E-state index contributed by atoms with van der Waals surface area (Å²) < 4.78 is 13.8. The van der Waals surface area contributed by atoms with Gasteiger partial charge >= 0.3 is 0 Å². The minimum absolute atomic E-state index is 0.119. The predicted octanol–water partition coefficient (Wildman–Crippen LogP) is 1.93. The van der Waals surface area contributed by atoms with Gasteiger partial charge in [0.15, 0.2) is 0 Å². The molecule has 4 saturated heterocycles. The summed E-state index contributed by atoms with van der Waals surface area (Å²) in [7, 11) is 0. The average Bonchev–Trinajstić information content (AvgIpc) is 2.37. The van der Waals surface area contributed by atoms with Crippen LogP contribution in [0.25, 0.3) is 0 Å². The van der Waals surface area contributed by atoms with E-state index in [-0.39, 0.29) is 11.5 Å². The van der Waals surface area contributed by atoms with Gasteiger partial charge in [-0.05, 0) is 37.8 Å². The zero-order valence-corrected chi connectivity index (χ0v) is 10.7. The summed E-state index contributed by atoms with van der Waals surface area (Å²) in [4.78, 5) is 14.6. The van der Waals surface area contributed by atoms with E-state index < -0.39 is 5.82 Å². The van der Waals surface area contributed by atoms with Crippen LogP contribution in [0, 0.1) is 5.82 Å². The van der Waals surface area contributed by atoms with Gasteiger partial charge in [0, 0.05) is 24.2 Å². The number of piperidine rings is 4. The molecule has 0 saturated carbocycles. The maximum absolute atomic E-state index is 13.8. The van der Waals surface area contributed by atoms with Crippen LogP contribution in [-0.2, 0) is 0 Å². The van der Waals surface area contributed by atoms with Gasteiger partial charge in [-0.1, -0.05) is 12.1 Å². The molecule has 1 aromatic carbocycles. The fourth-order valence-corrected chi connectivity index (χ4v) is 4.16. The van der Waals surface area contributed by atoms with Gasteiger partial charge in [-0.2, -0.15) is 0 Å². The normalized spacial score (nSPS) is 35.7. The zero-order valence-electron chi connectivity index (χ0n) is 10.7. The van der Waals surface area contributed by atoms with Crippen LogP contribution in [0.5, 0.6) is 0 Å². The van der Waals surface area contributed by atoms with Crippen LogP contribution < -0.4 is 5.32 Å². The van der Waals surface area contributed by atoms with E-state index in [2.05, 4.69) is 5.32 Å². The second kappa shape index (κ2) is 4.04. The molecule has 1 aromatic rings. The van der Waals surface area contributed by atoms with E-state index in [9.17, 15) is 9.18 Å². The quantitative estimate of drug-likeness (QED) is 0.837. The van der Waals surface area contributed by atoms with Crippen LogP contribution in [0.4, 0.5) is 4.39 Å². The molecule has 0 aromatic heterocycles. The molecule has 5 rings (SSSR count). The number of hydrogen-bond acceptors (Lipinski definition) is 2. The van der Waals surface area contributed by atoms with E-state index in [0.717, 1.165) is 25.7 Å². The van der Waals surface area contributed by atoms with E-state index in [4.69, 9.17) is 0 Å². The van der Waals surface area contributed by atoms with Crippen molar-refractivity contribution in [3.8, 4) is 0 Å². The molecule has 4 bridgehead atoms. The monoisotopic (exact) mass is 260 g/mol. The smallest absolute Gasteiger partial charge is 0.257 e. The molecule has 1 N–H and O–H groups in total. The van der Waals surface area contributed by atoms with E-state index in [1.807, 2.05) is 4.90 Å². The summed E-state index contributed by atoms with van der Waals surface area (Å²) in [6.07, 6.45) is 4.08. The topological polar surface area (TPSA) is 32.3 Å². The number of rotatable bonds is 1. The molecule has 4 heterocycles. The molecule has 4 aliphatic rings. The number of nitrogens with zero attached hydrogens (tertiary/aromatic N) is 1. The fourth-order valence-electron chi connectivity index (χ4n) is 4.16. The summed E-state index contributed by atoms with van der Waals surface area (Å²) >= 11 is 0. The molecular formula is C15H17FN2O. The Balaban J connectivity index is 1.66. The van der Waals surface area contributed by atoms with Crippen molar-refractivity contribution in [3.05, 3.63) is 35.6 Å². The molecule has 4 aliphatic heterocycles. The molecule has 0 radical (unpaired) electrons. The second-order valence-corrected chi connectivity index (χ2v) is 6.00. The number of nitrogens with one attached hydrogen (secondary N) is 1. The SMILES string of the molecule is O=C(c1ccccc1F)N1C2CC3CC1CC(C2)N3. The highest BCUT2D eigenvalue weighted by atomic mass is 19.1. The number of benzene rings is 1. The zero-order chi connectivity index (χ0) is 13.0. The van der Waals surface area contributed by atoms with Gasteiger partial charge in [0.25, 0.3) is 5.91 Å². The van der Waals surface area contributed by atoms with Crippen LogP contribution in [-0.4, -0.2) is 35.0 Å². The minimum Gasteiger partial charge on any atom is -0.332 e.